The molecular weight excluding hydrogens is 108 g/mol. The lowest BCUT2D eigenvalue weighted by Crippen LogP contribution is -1.87. The van der Waals surface area contributed by atoms with Crippen LogP contribution in [0.25, 0.3) is 0 Å². The van der Waals surface area contributed by atoms with E-state index in [9.17, 15) is 0 Å². The SMILES string of the molecule is [CH2]CC(C)CC#CCC. The predicted molar refractivity (Wildman–Crippen MR) is 41.8 cm³/mol. The molecule has 0 heteroatoms. The van der Waals surface area contributed by atoms with Gasteiger partial charge in [-0.3, -0.25) is 0 Å². The predicted octanol–water partition coefficient (Wildman–Crippen LogP) is 2.65. The minimum atomic E-state index is 0.670. The van der Waals surface area contributed by atoms with Crippen molar-refractivity contribution in [1.82, 2.24) is 0 Å². The van der Waals surface area contributed by atoms with Gasteiger partial charge in [0.15, 0.2) is 0 Å². The quantitative estimate of drug-likeness (QED) is 0.495. The van der Waals surface area contributed by atoms with Crippen LogP contribution in [0.2, 0.25) is 0 Å². The van der Waals surface area contributed by atoms with Gasteiger partial charge in [-0.25, -0.2) is 0 Å². The second-order valence-corrected chi connectivity index (χ2v) is 2.31. The number of rotatable bonds is 2. The summed E-state index contributed by atoms with van der Waals surface area (Å²) in [6.07, 6.45) is 2.99. The van der Waals surface area contributed by atoms with Gasteiger partial charge in [0.1, 0.15) is 0 Å². The van der Waals surface area contributed by atoms with Crippen LogP contribution in [0.15, 0.2) is 0 Å². The van der Waals surface area contributed by atoms with E-state index in [1.54, 1.807) is 0 Å². The van der Waals surface area contributed by atoms with Gasteiger partial charge < -0.3 is 0 Å². The molecule has 0 heterocycles. The molecule has 1 atom stereocenters. The van der Waals surface area contributed by atoms with Crippen molar-refractivity contribution in [3.05, 3.63) is 6.92 Å². The van der Waals surface area contributed by atoms with Crippen LogP contribution in [-0.2, 0) is 0 Å². The van der Waals surface area contributed by atoms with Gasteiger partial charge >= 0.3 is 0 Å². The third-order valence-corrected chi connectivity index (χ3v) is 1.25. The minimum Gasteiger partial charge on any atom is -0.104 e. The zero-order valence-corrected chi connectivity index (χ0v) is 6.41. The first-order valence-electron chi connectivity index (χ1n) is 3.56. The van der Waals surface area contributed by atoms with E-state index in [0.717, 1.165) is 19.3 Å². The molecule has 0 fully saturated rings. The van der Waals surface area contributed by atoms with Gasteiger partial charge in [-0.2, -0.15) is 0 Å². The van der Waals surface area contributed by atoms with Crippen molar-refractivity contribution in [2.75, 3.05) is 0 Å². The molecule has 0 aliphatic rings. The second-order valence-electron chi connectivity index (χ2n) is 2.31. The topological polar surface area (TPSA) is 0 Å². The Morgan fingerprint density at radius 1 is 1.44 bits per heavy atom. The molecule has 0 nitrogen and oxygen atoms in total. The van der Waals surface area contributed by atoms with Crippen molar-refractivity contribution >= 4 is 0 Å². The molecule has 1 radical (unpaired) electrons. The number of hydrogen-bond donors (Lipinski definition) is 0. The van der Waals surface area contributed by atoms with Gasteiger partial charge in [0.2, 0.25) is 0 Å². The summed E-state index contributed by atoms with van der Waals surface area (Å²) >= 11 is 0. The Hall–Kier alpha value is -0.440. The van der Waals surface area contributed by atoms with Crippen LogP contribution in [0.4, 0.5) is 0 Å². The minimum absolute atomic E-state index is 0.670. The first-order valence-corrected chi connectivity index (χ1v) is 3.56. The maximum Gasteiger partial charge on any atom is 0.0114 e. The lowest BCUT2D eigenvalue weighted by molar-refractivity contribution is 0.611. The Labute approximate surface area is 58.7 Å². The molecule has 0 aromatic carbocycles. The Kier molecular flexibility index (Phi) is 5.41. The van der Waals surface area contributed by atoms with E-state index in [2.05, 4.69) is 32.6 Å². The largest absolute Gasteiger partial charge is 0.104 e. The molecule has 9 heavy (non-hydrogen) atoms. The Bertz CT molecular complexity index is 103. The van der Waals surface area contributed by atoms with E-state index in [4.69, 9.17) is 0 Å². The Morgan fingerprint density at radius 3 is 2.56 bits per heavy atom. The van der Waals surface area contributed by atoms with E-state index < -0.39 is 0 Å². The average Bonchev–Trinajstić information content (AvgIpc) is 1.89. The molecule has 1 unspecified atom stereocenters. The molecule has 0 aliphatic heterocycles. The third-order valence-electron chi connectivity index (χ3n) is 1.25. The maximum atomic E-state index is 3.80. The fourth-order valence-electron chi connectivity index (χ4n) is 0.473. The van der Waals surface area contributed by atoms with Crippen LogP contribution in [0.1, 0.15) is 33.1 Å². The summed E-state index contributed by atoms with van der Waals surface area (Å²) in [5, 5.41) is 0. The highest BCUT2D eigenvalue weighted by Gasteiger charge is 1.92. The normalized spacial score (nSPS) is 11.9. The van der Waals surface area contributed by atoms with Crippen molar-refractivity contribution in [2.45, 2.75) is 33.1 Å². The van der Waals surface area contributed by atoms with Crippen molar-refractivity contribution in [3.63, 3.8) is 0 Å². The van der Waals surface area contributed by atoms with Gasteiger partial charge in [0.25, 0.3) is 0 Å². The summed E-state index contributed by atoms with van der Waals surface area (Å²) in [5.74, 6) is 6.80. The second kappa shape index (κ2) is 5.69. The molecule has 0 N–H and O–H groups in total. The summed E-state index contributed by atoms with van der Waals surface area (Å²) in [6, 6.07) is 0. The molecule has 0 aliphatic carbocycles. The van der Waals surface area contributed by atoms with Crippen molar-refractivity contribution in [1.29, 1.82) is 0 Å². The van der Waals surface area contributed by atoms with E-state index in [0.29, 0.717) is 5.92 Å². The smallest absolute Gasteiger partial charge is 0.0114 e. The van der Waals surface area contributed by atoms with E-state index >= 15 is 0 Å². The van der Waals surface area contributed by atoms with Crippen molar-refractivity contribution in [3.8, 4) is 11.8 Å². The highest BCUT2D eigenvalue weighted by atomic mass is 14.0. The van der Waals surface area contributed by atoms with Gasteiger partial charge in [-0.15, -0.1) is 11.8 Å². The maximum absolute atomic E-state index is 3.80. The molecule has 0 amide bonds. The van der Waals surface area contributed by atoms with Crippen LogP contribution < -0.4 is 0 Å². The lowest BCUT2D eigenvalue weighted by Gasteiger charge is -1.98. The van der Waals surface area contributed by atoms with E-state index in [1.807, 2.05) is 0 Å². The molecular formula is C9H15. The fourth-order valence-corrected chi connectivity index (χ4v) is 0.473. The first kappa shape index (κ1) is 8.56. The zero-order chi connectivity index (χ0) is 7.11. The molecule has 0 aromatic rings. The fraction of sp³-hybridized carbons (Fsp3) is 0.667. The van der Waals surface area contributed by atoms with Crippen molar-refractivity contribution in [2.24, 2.45) is 5.92 Å². The molecule has 0 aromatic heterocycles. The summed E-state index contributed by atoms with van der Waals surface area (Å²) in [7, 11) is 0. The highest BCUT2D eigenvalue weighted by molar-refractivity contribution is 4.98. The van der Waals surface area contributed by atoms with Crippen LogP contribution >= 0.6 is 0 Å². The Morgan fingerprint density at radius 2 is 2.11 bits per heavy atom. The summed E-state index contributed by atoms with van der Waals surface area (Å²) < 4.78 is 0. The zero-order valence-electron chi connectivity index (χ0n) is 6.41. The molecule has 0 saturated heterocycles. The molecule has 0 spiro atoms. The standard InChI is InChI=1S/C9H15/c1-4-6-7-8-9(3)5-2/h9H,2,4-5,8H2,1,3H3. The molecule has 0 bridgehead atoms. The lowest BCUT2D eigenvalue weighted by atomic mass is 10.1. The van der Waals surface area contributed by atoms with Crippen LogP contribution in [0, 0.1) is 24.7 Å². The van der Waals surface area contributed by atoms with Crippen LogP contribution in [0.3, 0.4) is 0 Å². The van der Waals surface area contributed by atoms with E-state index in [1.165, 1.54) is 0 Å². The highest BCUT2D eigenvalue weighted by Crippen LogP contribution is 2.03. The van der Waals surface area contributed by atoms with Gasteiger partial charge in [0.05, 0.1) is 0 Å². The summed E-state index contributed by atoms with van der Waals surface area (Å²) in [5.41, 5.74) is 0. The number of hydrogen-bond acceptors (Lipinski definition) is 0. The Balaban J connectivity index is 3.25. The molecule has 0 rings (SSSR count). The monoisotopic (exact) mass is 123 g/mol. The van der Waals surface area contributed by atoms with Crippen LogP contribution in [0.5, 0.6) is 0 Å². The molecule has 0 saturated carbocycles. The van der Waals surface area contributed by atoms with Crippen molar-refractivity contribution < 1.29 is 0 Å². The summed E-state index contributed by atoms with van der Waals surface area (Å²) in [4.78, 5) is 0. The van der Waals surface area contributed by atoms with Crippen LogP contribution in [-0.4, -0.2) is 0 Å². The van der Waals surface area contributed by atoms with Gasteiger partial charge in [0, 0.05) is 12.8 Å². The third kappa shape index (κ3) is 5.43. The van der Waals surface area contributed by atoms with Gasteiger partial charge in [-0.05, 0) is 12.3 Å². The average molecular weight is 123 g/mol. The van der Waals surface area contributed by atoms with Gasteiger partial charge in [-0.1, -0.05) is 20.8 Å². The first-order chi connectivity index (χ1) is 4.31. The summed E-state index contributed by atoms with van der Waals surface area (Å²) in [6.45, 7) is 8.05. The van der Waals surface area contributed by atoms with E-state index in [-0.39, 0.29) is 0 Å². The molecule has 51 valence electrons.